The van der Waals surface area contributed by atoms with Crippen molar-refractivity contribution in [3.05, 3.63) is 202 Å². The van der Waals surface area contributed by atoms with E-state index >= 15 is 8.78 Å². The van der Waals surface area contributed by atoms with E-state index < -0.39 is 46.6 Å². The van der Waals surface area contributed by atoms with E-state index in [1.165, 1.54) is 177 Å². The molecule has 0 atom stereocenters. The summed E-state index contributed by atoms with van der Waals surface area (Å²) in [5, 5.41) is 0. The van der Waals surface area contributed by atoms with Crippen molar-refractivity contribution in [2.45, 2.75) is 162 Å². The number of hydrogen-bond donors (Lipinski definition) is 0. The summed E-state index contributed by atoms with van der Waals surface area (Å²) in [6.45, 7) is 6.01. The van der Waals surface area contributed by atoms with Crippen LogP contribution in [0.1, 0.15) is 200 Å². The fourth-order valence-corrected chi connectivity index (χ4v) is 9.87. The molecule has 0 aliphatic carbocycles. The fraction of sp³-hybridized carbons (Fsp3) is 0.352. The fourth-order valence-electron chi connectivity index (χ4n) is 9.87. The first kappa shape index (κ1) is 60.9. The van der Waals surface area contributed by atoms with Crippen LogP contribution in [0.2, 0.25) is 0 Å². The summed E-state index contributed by atoms with van der Waals surface area (Å²) in [6, 6.07) is 41.9. The number of esters is 4. The Bertz CT molecular complexity index is 2900. The van der Waals surface area contributed by atoms with E-state index in [1.807, 2.05) is 24.3 Å². The van der Waals surface area contributed by atoms with Crippen LogP contribution >= 0.6 is 0 Å². The first-order valence-electron chi connectivity index (χ1n) is 29.5. The normalized spacial score (nSPS) is 11.1. The number of aryl methyl sites for hydroxylation is 2. The Morgan fingerprint density at radius 3 is 0.975 bits per heavy atom. The molecule has 0 aromatic heterocycles. The highest BCUT2D eigenvalue weighted by molar-refractivity contribution is 5.95. The molecule has 7 aromatic carbocycles. The standard InChI is InChI=1S/C71H78F2O8/c1-4-6-8-10-12-14-16-18-20-22-25-52-29-33-54(34-30-52)56-37-41-58(42-38-56)68(74)78-60-45-47-62(64(72)49-60)70(76)80-66-27-24-28-67(51(66)3)81-71(77)63-48-46-61(50-65(63)73)79-69(75)59-43-39-57(40-44-59)55-35-31-53(32-36-55)26-23-21-19-17-15-13-11-9-7-5-2/h24,27-50H,4-23,25-26H2,1-3H3. The van der Waals surface area contributed by atoms with Gasteiger partial charge in [0.25, 0.3) is 0 Å². The van der Waals surface area contributed by atoms with Gasteiger partial charge in [-0.15, -0.1) is 0 Å². The summed E-state index contributed by atoms with van der Waals surface area (Å²) in [7, 11) is 0. The zero-order valence-electron chi connectivity index (χ0n) is 47.5. The van der Waals surface area contributed by atoms with Crippen LogP contribution in [-0.4, -0.2) is 23.9 Å². The van der Waals surface area contributed by atoms with E-state index in [0.717, 1.165) is 59.4 Å². The number of carbonyl (C=O) groups is 4. The highest BCUT2D eigenvalue weighted by Gasteiger charge is 2.22. The van der Waals surface area contributed by atoms with Crippen LogP contribution in [0.5, 0.6) is 23.0 Å². The van der Waals surface area contributed by atoms with E-state index in [4.69, 9.17) is 18.9 Å². The molecule has 0 unspecified atom stereocenters. The monoisotopic (exact) mass is 1100 g/mol. The van der Waals surface area contributed by atoms with Crippen molar-refractivity contribution < 1.29 is 46.9 Å². The number of hydrogen-bond acceptors (Lipinski definition) is 8. The second-order valence-electron chi connectivity index (χ2n) is 21.1. The van der Waals surface area contributed by atoms with E-state index in [9.17, 15) is 19.2 Å². The second-order valence-corrected chi connectivity index (χ2v) is 21.1. The predicted octanol–water partition coefficient (Wildman–Crippen LogP) is 19.4. The minimum absolute atomic E-state index is 0.0487. The number of carbonyl (C=O) groups excluding carboxylic acids is 4. The van der Waals surface area contributed by atoms with Gasteiger partial charge in [-0.05, 0) is 127 Å². The number of unbranched alkanes of at least 4 members (excludes halogenated alkanes) is 18. The van der Waals surface area contributed by atoms with Gasteiger partial charge < -0.3 is 18.9 Å². The molecule has 0 aliphatic rings. The predicted molar refractivity (Wildman–Crippen MR) is 319 cm³/mol. The molecule has 0 saturated carbocycles. The molecular formula is C71H78F2O8. The van der Waals surface area contributed by atoms with Gasteiger partial charge >= 0.3 is 23.9 Å². The van der Waals surface area contributed by atoms with Gasteiger partial charge in [-0.2, -0.15) is 0 Å². The minimum Gasteiger partial charge on any atom is -0.423 e. The Kier molecular flexibility index (Phi) is 24.4. The molecule has 0 fully saturated rings. The maximum absolute atomic E-state index is 15.4. The van der Waals surface area contributed by atoms with Crippen LogP contribution in [0.25, 0.3) is 22.3 Å². The summed E-state index contributed by atoms with van der Waals surface area (Å²) in [4.78, 5) is 52.6. The van der Waals surface area contributed by atoms with E-state index in [2.05, 4.69) is 62.4 Å². The van der Waals surface area contributed by atoms with E-state index in [1.54, 1.807) is 24.3 Å². The van der Waals surface area contributed by atoms with E-state index in [0.29, 0.717) is 0 Å². The van der Waals surface area contributed by atoms with Crippen LogP contribution in [0.15, 0.2) is 152 Å². The molecule has 7 aromatic rings. The van der Waals surface area contributed by atoms with Gasteiger partial charge in [0.15, 0.2) is 0 Å². The zero-order valence-corrected chi connectivity index (χ0v) is 47.5. The van der Waals surface area contributed by atoms with Gasteiger partial charge in [-0.3, -0.25) is 0 Å². The van der Waals surface area contributed by atoms with Crippen LogP contribution in [-0.2, 0) is 12.8 Å². The lowest BCUT2D eigenvalue weighted by molar-refractivity contribution is 0.0719. The van der Waals surface area contributed by atoms with Crippen molar-refractivity contribution in [2.24, 2.45) is 0 Å². The second kappa shape index (κ2) is 32.5. The third kappa shape index (κ3) is 19.2. The topological polar surface area (TPSA) is 105 Å². The molecular weight excluding hydrogens is 1020 g/mol. The van der Waals surface area contributed by atoms with E-state index in [-0.39, 0.29) is 39.7 Å². The van der Waals surface area contributed by atoms with Gasteiger partial charge in [0.05, 0.1) is 22.3 Å². The number of rotatable bonds is 32. The van der Waals surface area contributed by atoms with Crippen molar-refractivity contribution in [1.82, 2.24) is 0 Å². The summed E-state index contributed by atoms with van der Waals surface area (Å²) in [5.74, 6) is -5.85. The maximum atomic E-state index is 15.4. The summed E-state index contributed by atoms with van der Waals surface area (Å²) < 4.78 is 52.7. The average molecular weight is 1100 g/mol. The summed E-state index contributed by atoms with van der Waals surface area (Å²) >= 11 is 0. The first-order valence-corrected chi connectivity index (χ1v) is 29.5. The molecule has 0 heterocycles. The zero-order chi connectivity index (χ0) is 57.2. The molecule has 0 spiro atoms. The Morgan fingerprint density at radius 1 is 0.346 bits per heavy atom. The lowest BCUT2D eigenvalue weighted by atomic mass is 10.00. The van der Waals surface area contributed by atoms with Crippen LogP contribution in [0.4, 0.5) is 8.78 Å². The van der Waals surface area contributed by atoms with Crippen molar-refractivity contribution in [2.75, 3.05) is 0 Å². The van der Waals surface area contributed by atoms with Gasteiger partial charge in [-0.25, -0.2) is 28.0 Å². The first-order chi connectivity index (χ1) is 39.5. The number of benzene rings is 7. The molecule has 424 valence electrons. The summed E-state index contributed by atoms with van der Waals surface area (Å²) in [6.07, 6.45) is 28.3. The molecule has 0 saturated heterocycles. The average Bonchev–Trinajstić information content (AvgIpc) is 3.54. The van der Waals surface area contributed by atoms with Gasteiger partial charge in [0.2, 0.25) is 0 Å². The molecule has 0 aliphatic heterocycles. The lowest BCUT2D eigenvalue weighted by Crippen LogP contribution is -2.14. The van der Waals surface area contributed by atoms with Crippen molar-refractivity contribution >= 4 is 23.9 Å². The number of halogens is 2. The van der Waals surface area contributed by atoms with Gasteiger partial charge in [0, 0.05) is 17.7 Å². The Morgan fingerprint density at radius 2 is 0.654 bits per heavy atom. The largest absolute Gasteiger partial charge is 0.423 e. The van der Waals surface area contributed by atoms with Crippen molar-refractivity contribution in [3.63, 3.8) is 0 Å². The van der Waals surface area contributed by atoms with Crippen molar-refractivity contribution in [1.29, 1.82) is 0 Å². The van der Waals surface area contributed by atoms with Crippen molar-refractivity contribution in [3.8, 4) is 45.3 Å². The third-order valence-electron chi connectivity index (χ3n) is 14.8. The molecule has 0 N–H and O–H groups in total. The van der Waals surface area contributed by atoms with Crippen LogP contribution in [0.3, 0.4) is 0 Å². The highest BCUT2D eigenvalue weighted by Crippen LogP contribution is 2.31. The third-order valence-corrected chi connectivity index (χ3v) is 14.8. The molecule has 0 amide bonds. The molecule has 10 heteroatoms. The molecule has 0 bridgehead atoms. The lowest BCUT2D eigenvalue weighted by Gasteiger charge is -2.13. The molecule has 7 rings (SSSR count). The smallest absolute Gasteiger partial charge is 0.346 e. The maximum Gasteiger partial charge on any atom is 0.346 e. The SMILES string of the molecule is CCCCCCCCCCCCc1ccc(-c2ccc(C(=O)Oc3ccc(C(=O)Oc4cccc(OC(=O)c5ccc(OC(=O)c6ccc(-c7ccc(CCCCCCCCCCCC)cc7)cc6)cc5F)c4C)c(F)c3)cc2)cc1. The van der Waals surface area contributed by atoms with Gasteiger partial charge in [0.1, 0.15) is 34.6 Å². The molecule has 81 heavy (non-hydrogen) atoms. The minimum atomic E-state index is -1.06. The Labute approximate surface area is 478 Å². The quantitative estimate of drug-likeness (QED) is 0.0233. The summed E-state index contributed by atoms with van der Waals surface area (Å²) in [5.41, 5.74) is 6.38. The number of ether oxygens (including phenoxy) is 4. The Balaban J connectivity index is 0.836. The van der Waals surface area contributed by atoms with Crippen LogP contribution in [0, 0.1) is 18.6 Å². The van der Waals surface area contributed by atoms with Crippen LogP contribution < -0.4 is 18.9 Å². The molecule has 8 nitrogen and oxygen atoms in total. The highest BCUT2D eigenvalue weighted by atomic mass is 19.1. The molecule has 0 radical (unpaired) electrons. The Hall–Kier alpha value is -7.72. The van der Waals surface area contributed by atoms with Gasteiger partial charge in [-0.1, -0.05) is 208 Å².